The summed E-state index contributed by atoms with van der Waals surface area (Å²) in [6.07, 6.45) is 0. The van der Waals surface area contributed by atoms with Gasteiger partial charge in [-0.05, 0) is 28.6 Å². The summed E-state index contributed by atoms with van der Waals surface area (Å²) in [5, 5.41) is 4.82. The predicted octanol–water partition coefficient (Wildman–Crippen LogP) is 6.94. The van der Waals surface area contributed by atoms with Crippen molar-refractivity contribution in [3.05, 3.63) is 97.1 Å². The molecule has 0 amide bonds. The van der Waals surface area contributed by atoms with Gasteiger partial charge in [-0.2, -0.15) is 0 Å². The Morgan fingerprint density at radius 3 is 2.23 bits per heavy atom. The summed E-state index contributed by atoms with van der Waals surface area (Å²) in [6.45, 7) is 0. The summed E-state index contributed by atoms with van der Waals surface area (Å²) in [5.41, 5.74) is 7.81. The molecule has 3 aromatic heterocycles. The molecular weight excluding hydrogens is 366 g/mol. The molecule has 1 N–H and O–H groups in total. The SMILES string of the molecule is c1ccc(-c2cccc3c2c2ccccc2c2nc4c5ccccc5[nH]c4n32)cc1. The van der Waals surface area contributed by atoms with Crippen molar-refractivity contribution in [2.24, 2.45) is 0 Å². The summed E-state index contributed by atoms with van der Waals surface area (Å²) in [4.78, 5) is 8.73. The van der Waals surface area contributed by atoms with E-state index in [4.69, 9.17) is 4.98 Å². The van der Waals surface area contributed by atoms with Crippen LogP contribution >= 0.6 is 0 Å². The van der Waals surface area contributed by atoms with E-state index < -0.39 is 0 Å². The second-order valence-corrected chi connectivity index (χ2v) is 7.75. The fraction of sp³-hybridized carbons (Fsp3) is 0. The van der Waals surface area contributed by atoms with Gasteiger partial charge in [-0.25, -0.2) is 4.98 Å². The van der Waals surface area contributed by atoms with E-state index in [-0.39, 0.29) is 0 Å². The summed E-state index contributed by atoms with van der Waals surface area (Å²) < 4.78 is 2.29. The largest absolute Gasteiger partial charge is 0.339 e. The normalized spacial score (nSPS) is 12.0. The van der Waals surface area contributed by atoms with E-state index in [0.29, 0.717) is 0 Å². The molecule has 0 radical (unpaired) electrons. The van der Waals surface area contributed by atoms with Crippen molar-refractivity contribution in [2.75, 3.05) is 0 Å². The van der Waals surface area contributed by atoms with Crippen molar-refractivity contribution in [1.29, 1.82) is 0 Å². The van der Waals surface area contributed by atoms with Gasteiger partial charge in [0.2, 0.25) is 0 Å². The predicted molar refractivity (Wildman–Crippen MR) is 125 cm³/mol. The van der Waals surface area contributed by atoms with Crippen LogP contribution in [0.25, 0.3) is 60.5 Å². The Morgan fingerprint density at radius 2 is 1.37 bits per heavy atom. The Kier molecular flexibility index (Phi) is 3.00. The molecule has 3 heteroatoms. The Balaban J connectivity index is 1.79. The van der Waals surface area contributed by atoms with Gasteiger partial charge >= 0.3 is 0 Å². The molecule has 0 fully saturated rings. The minimum absolute atomic E-state index is 0.996. The number of benzene rings is 4. The first kappa shape index (κ1) is 15.8. The Labute approximate surface area is 172 Å². The molecule has 3 heterocycles. The van der Waals surface area contributed by atoms with Crippen LogP contribution in [0.3, 0.4) is 0 Å². The third-order valence-corrected chi connectivity index (χ3v) is 6.12. The highest BCUT2D eigenvalue weighted by Crippen LogP contribution is 2.38. The number of imidazole rings is 1. The minimum Gasteiger partial charge on any atom is -0.339 e. The van der Waals surface area contributed by atoms with E-state index in [2.05, 4.69) is 106 Å². The quantitative estimate of drug-likeness (QED) is 0.306. The Bertz CT molecular complexity index is 1740. The van der Waals surface area contributed by atoms with E-state index in [1.54, 1.807) is 0 Å². The van der Waals surface area contributed by atoms with E-state index in [1.165, 1.54) is 32.8 Å². The van der Waals surface area contributed by atoms with Gasteiger partial charge in [-0.3, -0.25) is 4.40 Å². The third kappa shape index (κ3) is 1.96. The molecular formula is C27H17N3. The molecule has 0 atom stereocenters. The molecule has 7 rings (SSSR count). The number of hydrogen-bond acceptors (Lipinski definition) is 1. The molecule has 140 valence electrons. The molecule has 4 aromatic carbocycles. The minimum atomic E-state index is 0.996. The Morgan fingerprint density at radius 1 is 0.633 bits per heavy atom. The van der Waals surface area contributed by atoms with Crippen molar-refractivity contribution in [1.82, 2.24) is 14.4 Å². The van der Waals surface area contributed by atoms with Crippen LogP contribution in [-0.2, 0) is 0 Å². The van der Waals surface area contributed by atoms with Gasteiger partial charge in [-0.1, -0.05) is 84.9 Å². The third-order valence-electron chi connectivity index (χ3n) is 6.12. The number of nitrogens with one attached hydrogen (secondary N) is 1. The zero-order valence-corrected chi connectivity index (χ0v) is 16.1. The smallest absolute Gasteiger partial charge is 0.147 e. The number of rotatable bonds is 1. The maximum Gasteiger partial charge on any atom is 0.147 e. The molecule has 7 aromatic rings. The van der Waals surface area contributed by atoms with Gasteiger partial charge in [0, 0.05) is 21.7 Å². The average molecular weight is 383 g/mol. The van der Waals surface area contributed by atoms with Gasteiger partial charge in [0.05, 0.1) is 5.52 Å². The highest BCUT2D eigenvalue weighted by molar-refractivity contribution is 6.19. The summed E-state index contributed by atoms with van der Waals surface area (Å²) >= 11 is 0. The van der Waals surface area contributed by atoms with E-state index in [0.717, 1.165) is 27.7 Å². The molecule has 0 aliphatic heterocycles. The van der Waals surface area contributed by atoms with E-state index in [9.17, 15) is 0 Å². The van der Waals surface area contributed by atoms with Gasteiger partial charge in [-0.15, -0.1) is 0 Å². The first-order chi connectivity index (χ1) is 14.9. The zero-order chi connectivity index (χ0) is 19.7. The second kappa shape index (κ2) is 5.71. The fourth-order valence-corrected chi connectivity index (χ4v) is 4.83. The first-order valence-corrected chi connectivity index (χ1v) is 10.2. The van der Waals surface area contributed by atoms with Crippen molar-refractivity contribution in [2.45, 2.75) is 0 Å². The van der Waals surface area contributed by atoms with Crippen LogP contribution in [0.2, 0.25) is 0 Å². The molecule has 3 nitrogen and oxygen atoms in total. The molecule has 0 aliphatic rings. The van der Waals surface area contributed by atoms with Gasteiger partial charge < -0.3 is 4.98 Å². The van der Waals surface area contributed by atoms with Crippen molar-refractivity contribution >= 4 is 49.4 Å². The lowest BCUT2D eigenvalue weighted by molar-refractivity contribution is 1.27. The number of para-hydroxylation sites is 1. The summed E-state index contributed by atoms with van der Waals surface area (Å²) in [5.74, 6) is 0. The highest BCUT2D eigenvalue weighted by Gasteiger charge is 2.18. The number of pyridine rings is 1. The maximum atomic E-state index is 5.12. The number of fused-ring (bicyclic) bond motifs is 10. The fourth-order valence-electron chi connectivity index (χ4n) is 4.83. The zero-order valence-electron chi connectivity index (χ0n) is 16.1. The number of nitrogens with zero attached hydrogens (tertiary/aromatic N) is 2. The van der Waals surface area contributed by atoms with Crippen LogP contribution in [0.1, 0.15) is 0 Å². The van der Waals surface area contributed by atoms with Crippen molar-refractivity contribution < 1.29 is 0 Å². The number of aromatic amines is 1. The standard InChI is InChI=1S/C27H17N3/c1-2-9-17(10-3-1)18-14-8-16-23-24(18)19-11-4-5-12-20(19)26-29-25-21-13-6-7-15-22(21)28-27(25)30(23)26/h1-16,28H. The van der Waals surface area contributed by atoms with Crippen LogP contribution in [-0.4, -0.2) is 14.4 Å². The topological polar surface area (TPSA) is 33.1 Å². The molecule has 0 unspecified atom stereocenters. The van der Waals surface area contributed by atoms with Gasteiger partial charge in [0.1, 0.15) is 16.8 Å². The monoisotopic (exact) mass is 383 g/mol. The summed E-state index contributed by atoms with van der Waals surface area (Å²) in [7, 11) is 0. The van der Waals surface area contributed by atoms with Gasteiger partial charge in [0.15, 0.2) is 0 Å². The lowest BCUT2D eigenvalue weighted by atomic mass is 9.96. The summed E-state index contributed by atoms with van der Waals surface area (Å²) in [6, 6.07) is 34.2. The molecule has 0 saturated heterocycles. The van der Waals surface area contributed by atoms with Crippen LogP contribution in [0.5, 0.6) is 0 Å². The Hall–Kier alpha value is -4.11. The molecule has 0 aliphatic carbocycles. The maximum absolute atomic E-state index is 5.12. The molecule has 0 saturated carbocycles. The lowest BCUT2D eigenvalue weighted by Gasteiger charge is -2.13. The number of aromatic nitrogens is 3. The average Bonchev–Trinajstić information content (AvgIpc) is 3.36. The molecule has 0 bridgehead atoms. The number of hydrogen-bond donors (Lipinski definition) is 1. The number of H-pyrrole nitrogens is 1. The molecule has 0 spiro atoms. The van der Waals surface area contributed by atoms with E-state index in [1.807, 2.05) is 0 Å². The highest BCUT2D eigenvalue weighted by atomic mass is 15.1. The van der Waals surface area contributed by atoms with Crippen LogP contribution in [0.4, 0.5) is 0 Å². The van der Waals surface area contributed by atoms with Crippen LogP contribution < -0.4 is 0 Å². The van der Waals surface area contributed by atoms with Crippen LogP contribution in [0.15, 0.2) is 97.1 Å². The van der Waals surface area contributed by atoms with Crippen LogP contribution in [0, 0.1) is 0 Å². The second-order valence-electron chi connectivity index (χ2n) is 7.75. The lowest BCUT2D eigenvalue weighted by Crippen LogP contribution is -1.94. The van der Waals surface area contributed by atoms with Crippen molar-refractivity contribution in [3.63, 3.8) is 0 Å². The first-order valence-electron chi connectivity index (χ1n) is 10.2. The van der Waals surface area contributed by atoms with Crippen molar-refractivity contribution in [3.8, 4) is 11.1 Å². The molecule has 30 heavy (non-hydrogen) atoms. The van der Waals surface area contributed by atoms with E-state index >= 15 is 0 Å². The van der Waals surface area contributed by atoms with Gasteiger partial charge in [0.25, 0.3) is 0 Å².